The number of amides is 1. The first kappa shape index (κ1) is 17.3. The average Bonchev–Trinajstić information content (AvgIpc) is 3.29. The van der Waals surface area contributed by atoms with Crippen LogP contribution in [0, 0.1) is 13.8 Å². The molecule has 2 aromatic rings. The first-order chi connectivity index (χ1) is 12.6. The van der Waals surface area contributed by atoms with Crippen molar-refractivity contribution in [3.63, 3.8) is 0 Å². The standard InChI is InChI=1S/C19H27N5O2/c1-13-19(14(2)26-22-13)17-5-3-9-23(17)18(25)7-6-15-11-16-12-20-8-4-10-24(16)21-15/h11,17,20H,3-10,12H2,1-2H3/t17-/m0/s1. The Balaban J connectivity index is 1.42. The van der Waals surface area contributed by atoms with Crippen molar-refractivity contribution in [2.75, 3.05) is 13.1 Å². The summed E-state index contributed by atoms with van der Waals surface area (Å²) in [6, 6.07) is 2.25. The maximum absolute atomic E-state index is 12.9. The summed E-state index contributed by atoms with van der Waals surface area (Å²) in [6.45, 7) is 7.56. The van der Waals surface area contributed by atoms with Crippen LogP contribution in [0.3, 0.4) is 0 Å². The molecule has 0 unspecified atom stereocenters. The van der Waals surface area contributed by atoms with Crippen molar-refractivity contribution < 1.29 is 9.32 Å². The molecule has 0 bridgehead atoms. The van der Waals surface area contributed by atoms with Gasteiger partial charge >= 0.3 is 0 Å². The van der Waals surface area contributed by atoms with Gasteiger partial charge in [-0.15, -0.1) is 0 Å². The second kappa shape index (κ2) is 7.23. The van der Waals surface area contributed by atoms with Crippen LogP contribution in [0.1, 0.15) is 60.1 Å². The van der Waals surface area contributed by atoms with Gasteiger partial charge in [0.25, 0.3) is 0 Å². The number of carbonyl (C=O) groups excluding carboxylic acids is 1. The lowest BCUT2D eigenvalue weighted by atomic mass is 10.0. The van der Waals surface area contributed by atoms with Gasteiger partial charge in [-0.1, -0.05) is 5.16 Å². The molecule has 2 aromatic heterocycles. The van der Waals surface area contributed by atoms with E-state index in [1.165, 1.54) is 5.69 Å². The van der Waals surface area contributed by atoms with Crippen LogP contribution in [-0.4, -0.2) is 38.8 Å². The Morgan fingerprint density at radius 1 is 1.35 bits per heavy atom. The van der Waals surface area contributed by atoms with E-state index < -0.39 is 0 Å². The molecule has 1 amide bonds. The fourth-order valence-electron chi connectivity index (χ4n) is 4.25. The van der Waals surface area contributed by atoms with E-state index in [9.17, 15) is 4.79 Å². The van der Waals surface area contributed by atoms with Crippen molar-refractivity contribution in [2.24, 2.45) is 0 Å². The molecule has 7 heteroatoms. The molecule has 0 spiro atoms. The number of carbonyl (C=O) groups is 1. The van der Waals surface area contributed by atoms with Gasteiger partial charge in [-0.2, -0.15) is 5.10 Å². The van der Waals surface area contributed by atoms with Gasteiger partial charge in [0.2, 0.25) is 5.91 Å². The van der Waals surface area contributed by atoms with Crippen LogP contribution in [0.4, 0.5) is 0 Å². The molecule has 1 saturated heterocycles. The van der Waals surface area contributed by atoms with E-state index in [1.807, 2.05) is 18.7 Å². The van der Waals surface area contributed by atoms with Crippen LogP contribution < -0.4 is 5.32 Å². The van der Waals surface area contributed by atoms with E-state index in [4.69, 9.17) is 4.52 Å². The monoisotopic (exact) mass is 357 g/mol. The first-order valence-electron chi connectivity index (χ1n) is 9.62. The van der Waals surface area contributed by atoms with E-state index in [0.29, 0.717) is 12.8 Å². The Labute approximate surface area is 153 Å². The number of fused-ring (bicyclic) bond motifs is 1. The van der Waals surface area contributed by atoms with Crippen molar-refractivity contribution >= 4 is 5.91 Å². The Hall–Kier alpha value is -2.15. The molecule has 0 radical (unpaired) electrons. The SMILES string of the molecule is Cc1noc(C)c1[C@@H]1CCCN1C(=O)CCc1cc2n(n1)CCCNC2. The minimum absolute atomic E-state index is 0.108. The lowest BCUT2D eigenvalue weighted by Crippen LogP contribution is -2.31. The van der Waals surface area contributed by atoms with E-state index in [2.05, 4.69) is 26.3 Å². The normalized spacial score (nSPS) is 20.2. The van der Waals surface area contributed by atoms with Crippen LogP contribution in [0.25, 0.3) is 0 Å². The van der Waals surface area contributed by atoms with E-state index in [-0.39, 0.29) is 11.9 Å². The van der Waals surface area contributed by atoms with Gasteiger partial charge in [0, 0.05) is 38.0 Å². The second-order valence-corrected chi connectivity index (χ2v) is 7.36. The predicted octanol–water partition coefficient (Wildman–Crippen LogP) is 2.28. The Bertz CT molecular complexity index is 751. The highest BCUT2D eigenvalue weighted by molar-refractivity contribution is 5.77. The van der Waals surface area contributed by atoms with Crippen LogP contribution in [0.15, 0.2) is 10.6 Å². The Morgan fingerprint density at radius 3 is 3.04 bits per heavy atom. The molecule has 7 nitrogen and oxygen atoms in total. The minimum Gasteiger partial charge on any atom is -0.361 e. The number of nitrogens with zero attached hydrogens (tertiary/aromatic N) is 4. The summed E-state index contributed by atoms with van der Waals surface area (Å²) in [7, 11) is 0. The fourth-order valence-corrected chi connectivity index (χ4v) is 4.25. The molecule has 26 heavy (non-hydrogen) atoms. The predicted molar refractivity (Wildman–Crippen MR) is 96.5 cm³/mol. The topological polar surface area (TPSA) is 76.2 Å². The highest BCUT2D eigenvalue weighted by atomic mass is 16.5. The van der Waals surface area contributed by atoms with Gasteiger partial charge < -0.3 is 14.7 Å². The van der Waals surface area contributed by atoms with Crippen molar-refractivity contribution in [3.05, 3.63) is 34.5 Å². The van der Waals surface area contributed by atoms with Gasteiger partial charge in [-0.05, 0) is 45.7 Å². The zero-order valence-corrected chi connectivity index (χ0v) is 15.6. The van der Waals surface area contributed by atoms with Crippen molar-refractivity contribution in [1.82, 2.24) is 25.2 Å². The maximum Gasteiger partial charge on any atom is 0.223 e. The summed E-state index contributed by atoms with van der Waals surface area (Å²) in [6.07, 6.45) is 4.32. The number of aryl methyl sites for hydroxylation is 4. The molecular formula is C19H27N5O2. The number of rotatable bonds is 4. The number of nitrogens with one attached hydrogen (secondary N) is 1. The second-order valence-electron chi connectivity index (χ2n) is 7.36. The summed E-state index contributed by atoms with van der Waals surface area (Å²) in [5.74, 6) is 1.03. The van der Waals surface area contributed by atoms with E-state index in [0.717, 1.165) is 68.2 Å². The molecule has 1 atom stereocenters. The lowest BCUT2D eigenvalue weighted by Gasteiger charge is -2.24. The van der Waals surface area contributed by atoms with Crippen LogP contribution >= 0.6 is 0 Å². The molecule has 1 N–H and O–H groups in total. The third kappa shape index (κ3) is 3.28. The molecule has 0 saturated carbocycles. The number of hydrogen-bond donors (Lipinski definition) is 1. The molecule has 0 aliphatic carbocycles. The third-order valence-corrected chi connectivity index (χ3v) is 5.53. The minimum atomic E-state index is 0.108. The molecule has 2 aliphatic rings. The first-order valence-corrected chi connectivity index (χ1v) is 9.62. The molecule has 2 aliphatic heterocycles. The van der Waals surface area contributed by atoms with Crippen LogP contribution in [0.2, 0.25) is 0 Å². The number of hydrogen-bond acceptors (Lipinski definition) is 5. The molecule has 1 fully saturated rings. The summed E-state index contributed by atoms with van der Waals surface area (Å²) in [4.78, 5) is 14.9. The summed E-state index contributed by atoms with van der Waals surface area (Å²) in [5, 5.41) is 12.2. The van der Waals surface area contributed by atoms with Gasteiger partial charge in [0.15, 0.2) is 0 Å². The molecule has 4 heterocycles. The smallest absolute Gasteiger partial charge is 0.223 e. The largest absolute Gasteiger partial charge is 0.361 e. The van der Waals surface area contributed by atoms with Gasteiger partial charge in [-0.3, -0.25) is 9.48 Å². The van der Waals surface area contributed by atoms with E-state index in [1.54, 1.807) is 0 Å². The molecule has 0 aromatic carbocycles. The fraction of sp³-hybridized carbons (Fsp3) is 0.632. The van der Waals surface area contributed by atoms with E-state index >= 15 is 0 Å². The summed E-state index contributed by atoms with van der Waals surface area (Å²) < 4.78 is 7.40. The van der Waals surface area contributed by atoms with Crippen molar-refractivity contribution in [1.29, 1.82) is 0 Å². The molecule has 140 valence electrons. The zero-order chi connectivity index (χ0) is 18.1. The van der Waals surface area contributed by atoms with Gasteiger partial charge in [0.05, 0.1) is 23.1 Å². The maximum atomic E-state index is 12.9. The highest BCUT2D eigenvalue weighted by Crippen LogP contribution is 2.36. The Kier molecular flexibility index (Phi) is 4.80. The van der Waals surface area contributed by atoms with Crippen molar-refractivity contribution in [3.8, 4) is 0 Å². The van der Waals surface area contributed by atoms with Gasteiger partial charge in [-0.25, -0.2) is 0 Å². The highest BCUT2D eigenvalue weighted by Gasteiger charge is 2.33. The van der Waals surface area contributed by atoms with Crippen molar-refractivity contribution in [2.45, 2.75) is 65.1 Å². The quantitative estimate of drug-likeness (QED) is 0.908. The number of aromatic nitrogens is 3. The summed E-state index contributed by atoms with van der Waals surface area (Å²) >= 11 is 0. The van der Waals surface area contributed by atoms with Crippen LogP contribution in [0.5, 0.6) is 0 Å². The zero-order valence-electron chi connectivity index (χ0n) is 15.6. The Morgan fingerprint density at radius 2 is 2.23 bits per heavy atom. The summed E-state index contributed by atoms with van der Waals surface area (Å²) in [5.41, 5.74) is 4.23. The van der Waals surface area contributed by atoms with Gasteiger partial charge in [0.1, 0.15) is 5.76 Å². The third-order valence-electron chi connectivity index (χ3n) is 5.53. The number of likely N-dealkylation sites (tertiary alicyclic amines) is 1. The lowest BCUT2D eigenvalue weighted by molar-refractivity contribution is -0.132. The van der Waals surface area contributed by atoms with Crippen LogP contribution in [-0.2, 0) is 24.3 Å². The average molecular weight is 357 g/mol. The molecule has 4 rings (SSSR count). The molecular weight excluding hydrogens is 330 g/mol.